The molecule has 1 unspecified atom stereocenters. The average Bonchev–Trinajstić information content (AvgIpc) is 3.29. The van der Waals surface area contributed by atoms with Gasteiger partial charge in [0, 0.05) is 11.2 Å². The number of ketones is 1. The van der Waals surface area contributed by atoms with Gasteiger partial charge in [0.1, 0.15) is 12.1 Å². The molecule has 0 radical (unpaired) electrons. The van der Waals surface area contributed by atoms with Crippen molar-refractivity contribution >= 4 is 34.5 Å². The van der Waals surface area contributed by atoms with Crippen molar-refractivity contribution in [3.63, 3.8) is 0 Å². The van der Waals surface area contributed by atoms with Crippen LogP contribution in [0.5, 0.6) is 0 Å². The Kier molecular flexibility index (Phi) is 4.72. The summed E-state index contributed by atoms with van der Waals surface area (Å²) in [5.74, 6) is 0.0544. The number of anilines is 1. The van der Waals surface area contributed by atoms with Crippen molar-refractivity contribution in [1.29, 1.82) is 0 Å². The number of thiophene rings is 1. The molecule has 1 aliphatic heterocycles. The van der Waals surface area contributed by atoms with Crippen molar-refractivity contribution in [3.8, 4) is 0 Å². The maximum Gasteiger partial charge on any atom is 0.208 e. The second-order valence-corrected chi connectivity index (χ2v) is 8.09. The van der Waals surface area contributed by atoms with Crippen molar-refractivity contribution in [2.24, 2.45) is 0 Å². The molecule has 5 nitrogen and oxygen atoms in total. The highest BCUT2D eigenvalue weighted by Crippen LogP contribution is 2.45. The number of carbonyl (C=O) groups excluding carboxylic acids is 1. The standard InChI is InChI=1S/C20H19ClN4OS/c1-25-7-3-6-20(25,13-4-2-5-15(21)8-13)14-9-17(27-11-14)18(26)16-10-23-12-24-19(16)22/h2,4-5,8-12H,3,6-7H2,1H3,(H2,22,23,24). The SMILES string of the molecule is CN1CCCC1(c1cccc(Cl)c1)c1csc(C(=O)c2cncnc2N)c1. The number of hydrogen-bond acceptors (Lipinski definition) is 6. The van der Waals surface area contributed by atoms with E-state index in [-0.39, 0.29) is 17.1 Å². The van der Waals surface area contributed by atoms with E-state index in [2.05, 4.69) is 33.4 Å². The summed E-state index contributed by atoms with van der Waals surface area (Å²) in [5, 5.41) is 2.78. The highest BCUT2D eigenvalue weighted by molar-refractivity contribution is 7.12. The second kappa shape index (κ2) is 7.03. The van der Waals surface area contributed by atoms with Gasteiger partial charge in [-0.1, -0.05) is 23.7 Å². The minimum atomic E-state index is -0.279. The van der Waals surface area contributed by atoms with Crippen LogP contribution in [0, 0.1) is 0 Å². The lowest BCUT2D eigenvalue weighted by Crippen LogP contribution is -2.39. The zero-order chi connectivity index (χ0) is 19.0. The number of benzene rings is 1. The Morgan fingerprint density at radius 3 is 2.89 bits per heavy atom. The van der Waals surface area contributed by atoms with Crippen LogP contribution in [0.2, 0.25) is 5.02 Å². The summed E-state index contributed by atoms with van der Waals surface area (Å²) in [4.78, 5) is 23.7. The average molecular weight is 399 g/mol. The Labute approximate surface area is 166 Å². The maximum atomic E-state index is 12.9. The molecule has 1 aliphatic rings. The van der Waals surface area contributed by atoms with Gasteiger partial charge in [-0.25, -0.2) is 9.97 Å². The van der Waals surface area contributed by atoms with Crippen LogP contribution in [0.1, 0.15) is 39.2 Å². The van der Waals surface area contributed by atoms with Crippen molar-refractivity contribution in [2.75, 3.05) is 19.3 Å². The van der Waals surface area contributed by atoms with E-state index in [0.717, 1.165) is 30.5 Å². The number of aromatic nitrogens is 2. The van der Waals surface area contributed by atoms with Crippen LogP contribution in [-0.4, -0.2) is 34.2 Å². The van der Waals surface area contributed by atoms with Crippen LogP contribution in [0.3, 0.4) is 0 Å². The van der Waals surface area contributed by atoms with E-state index in [9.17, 15) is 4.79 Å². The monoisotopic (exact) mass is 398 g/mol. The normalized spacial score (nSPS) is 20.1. The third-order valence-electron chi connectivity index (χ3n) is 5.27. The Bertz CT molecular complexity index is 1000. The van der Waals surface area contributed by atoms with E-state index in [1.807, 2.05) is 24.3 Å². The predicted molar refractivity (Wildman–Crippen MR) is 108 cm³/mol. The van der Waals surface area contributed by atoms with Gasteiger partial charge in [0.25, 0.3) is 0 Å². The summed E-state index contributed by atoms with van der Waals surface area (Å²) in [7, 11) is 2.12. The van der Waals surface area contributed by atoms with Crippen LogP contribution >= 0.6 is 22.9 Å². The third kappa shape index (κ3) is 3.04. The number of carbonyl (C=O) groups is 1. The molecule has 1 aromatic carbocycles. The Morgan fingerprint density at radius 1 is 1.33 bits per heavy atom. The topological polar surface area (TPSA) is 72.1 Å². The van der Waals surface area contributed by atoms with Crippen LogP contribution < -0.4 is 5.73 Å². The molecule has 0 amide bonds. The number of likely N-dealkylation sites (tertiary alicyclic amines) is 1. The van der Waals surface area contributed by atoms with Gasteiger partial charge in [-0.2, -0.15) is 0 Å². The fourth-order valence-corrected chi connectivity index (χ4v) is 5.03. The molecule has 0 spiro atoms. The summed E-state index contributed by atoms with van der Waals surface area (Å²) in [6.07, 6.45) is 4.87. The van der Waals surface area contributed by atoms with Gasteiger partial charge < -0.3 is 5.73 Å². The molecule has 0 aliphatic carbocycles. The van der Waals surface area contributed by atoms with Gasteiger partial charge in [0.15, 0.2) is 0 Å². The molecule has 3 aromatic rings. The molecule has 0 saturated carbocycles. The smallest absolute Gasteiger partial charge is 0.208 e. The molecule has 4 rings (SSSR count). The van der Waals surface area contributed by atoms with E-state index in [4.69, 9.17) is 17.3 Å². The van der Waals surface area contributed by atoms with Crippen molar-refractivity contribution in [2.45, 2.75) is 18.4 Å². The van der Waals surface area contributed by atoms with E-state index in [0.29, 0.717) is 15.5 Å². The minimum Gasteiger partial charge on any atom is -0.383 e. The molecule has 1 fully saturated rings. The van der Waals surface area contributed by atoms with Gasteiger partial charge in [-0.05, 0) is 61.1 Å². The Hall–Kier alpha value is -2.28. The highest BCUT2D eigenvalue weighted by atomic mass is 35.5. The maximum absolute atomic E-state index is 12.9. The fraction of sp³-hybridized carbons (Fsp3) is 0.250. The minimum absolute atomic E-state index is 0.147. The summed E-state index contributed by atoms with van der Waals surface area (Å²) in [5.41, 5.74) is 8.16. The zero-order valence-corrected chi connectivity index (χ0v) is 16.4. The fourth-order valence-electron chi connectivity index (χ4n) is 3.91. The third-order valence-corrected chi connectivity index (χ3v) is 6.44. The summed E-state index contributed by atoms with van der Waals surface area (Å²) in [6.45, 7) is 0.991. The van der Waals surface area contributed by atoms with Gasteiger partial charge in [0.2, 0.25) is 5.78 Å². The largest absolute Gasteiger partial charge is 0.383 e. The molecule has 2 N–H and O–H groups in total. The molecule has 7 heteroatoms. The van der Waals surface area contributed by atoms with E-state index in [1.165, 1.54) is 23.9 Å². The molecule has 1 atom stereocenters. The van der Waals surface area contributed by atoms with Gasteiger partial charge in [0.05, 0.1) is 16.0 Å². The van der Waals surface area contributed by atoms with Crippen LogP contribution in [-0.2, 0) is 5.54 Å². The number of rotatable bonds is 4. The van der Waals surface area contributed by atoms with Gasteiger partial charge in [-0.15, -0.1) is 11.3 Å². The highest BCUT2D eigenvalue weighted by Gasteiger charge is 2.42. The lowest BCUT2D eigenvalue weighted by molar-refractivity contribution is 0.104. The first-order chi connectivity index (χ1) is 13.0. The Balaban J connectivity index is 1.78. The molecule has 0 bridgehead atoms. The molecule has 2 aromatic heterocycles. The first-order valence-corrected chi connectivity index (χ1v) is 9.94. The summed E-state index contributed by atoms with van der Waals surface area (Å²) >= 11 is 7.70. The summed E-state index contributed by atoms with van der Waals surface area (Å²) < 4.78 is 0. The zero-order valence-electron chi connectivity index (χ0n) is 14.9. The van der Waals surface area contributed by atoms with E-state index < -0.39 is 0 Å². The van der Waals surface area contributed by atoms with E-state index in [1.54, 1.807) is 0 Å². The molecular weight excluding hydrogens is 380 g/mol. The van der Waals surface area contributed by atoms with Crippen molar-refractivity contribution in [3.05, 3.63) is 74.8 Å². The van der Waals surface area contributed by atoms with Crippen molar-refractivity contribution < 1.29 is 4.79 Å². The lowest BCUT2D eigenvalue weighted by atomic mass is 9.82. The number of hydrogen-bond donors (Lipinski definition) is 1. The quantitative estimate of drug-likeness (QED) is 0.673. The molecule has 138 valence electrons. The number of nitrogen functional groups attached to an aromatic ring is 1. The predicted octanol–water partition coefficient (Wildman–Crippen LogP) is 3.97. The van der Waals surface area contributed by atoms with Crippen LogP contribution in [0.4, 0.5) is 5.82 Å². The van der Waals surface area contributed by atoms with E-state index >= 15 is 0 Å². The summed E-state index contributed by atoms with van der Waals surface area (Å²) in [6, 6.07) is 9.96. The first kappa shape index (κ1) is 18.1. The second-order valence-electron chi connectivity index (χ2n) is 6.75. The molecule has 3 heterocycles. The Morgan fingerprint density at radius 2 is 2.19 bits per heavy atom. The number of nitrogens with zero attached hydrogens (tertiary/aromatic N) is 3. The van der Waals surface area contributed by atoms with Gasteiger partial charge in [-0.3, -0.25) is 9.69 Å². The molecule has 1 saturated heterocycles. The number of nitrogens with two attached hydrogens (primary N) is 1. The van der Waals surface area contributed by atoms with Crippen LogP contribution in [0.25, 0.3) is 0 Å². The molecule has 27 heavy (non-hydrogen) atoms. The lowest BCUT2D eigenvalue weighted by Gasteiger charge is -2.36. The van der Waals surface area contributed by atoms with Crippen molar-refractivity contribution in [1.82, 2.24) is 14.9 Å². The first-order valence-electron chi connectivity index (χ1n) is 8.69. The van der Waals surface area contributed by atoms with Gasteiger partial charge >= 0.3 is 0 Å². The molecular formula is C20H19ClN4OS. The number of halogens is 1. The van der Waals surface area contributed by atoms with Crippen LogP contribution in [0.15, 0.2) is 48.2 Å².